The van der Waals surface area contributed by atoms with Crippen LogP contribution in [0.5, 0.6) is 0 Å². The van der Waals surface area contributed by atoms with Gasteiger partial charge in [0.2, 0.25) is 0 Å². The normalized spacial score (nSPS) is 11.2. The summed E-state index contributed by atoms with van der Waals surface area (Å²) in [6.45, 7) is 0. The standard InChI is InChI=1S/C18H13BS/c19-16-8-4-7-15-14-10-9-13(11-17(14)20-18(15)16)12-5-2-1-3-6-12/h1-11H,19H2. The first-order chi connectivity index (χ1) is 9.83. The van der Waals surface area contributed by atoms with Crippen molar-refractivity contribution in [1.82, 2.24) is 0 Å². The van der Waals surface area contributed by atoms with Crippen LogP contribution in [0.1, 0.15) is 0 Å². The van der Waals surface area contributed by atoms with Gasteiger partial charge in [0.05, 0.1) is 0 Å². The van der Waals surface area contributed by atoms with Gasteiger partial charge in [0.15, 0.2) is 0 Å². The molecular formula is C18H13BS. The highest BCUT2D eigenvalue weighted by atomic mass is 32.1. The molecule has 94 valence electrons. The largest absolute Gasteiger partial charge is 0.141 e. The van der Waals surface area contributed by atoms with Crippen LogP contribution >= 0.6 is 11.3 Å². The van der Waals surface area contributed by atoms with Crippen molar-refractivity contribution in [3.05, 3.63) is 66.7 Å². The molecule has 0 unspecified atom stereocenters. The SMILES string of the molecule is Bc1cccc2c1sc1cc(-c3ccccc3)ccc12. The molecule has 0 aliphatic heterocycles. The van der Waals surface area contributed by atoms with Crippen molar-refractivity contribution < 1.29 is 0 Å². The zero-order valence-corrected chi connectivity index (χ0v) is 12.1. The van der Waals surface area contributed by atoms with Crippen LogP contribution in [0.4, 0.5) is 0 Å². The van der Waals surface area contributed by atoms with Gasteiger partial charge in [-0.05, 0) is 22.6 Å². The van der Waals surface area contributed by atoms with Crippen LogP contribution < -0.4 is 5.46 Å². The maximum absolute atomic E-state index is 2.31. The molecule has 0 aliphatic rings. The Labute approximate surface area is 123 Å². The van der Waals surface area contributed by atoms with Gasteiger partial charge >= 0.3 is 0 Å². The third-order valence-corrected chi connectivity index (χ3v) is 5.11. The molecule has 1 aromatic heterocycles. The first-order valence-electron chi connectivity index (χ1n) is 6.80. The maximum atomic E-state index is 2.31. The Morgan fingerprint density at radius 2 is 1.55 bits per heavy atom. The summed E-state index contributed by atoms with van der Waals surface area (Å²) in [6.07, 6.45) is 0. The molecule has 0 nitrogen and oxygen atoms in total. The molecular weight excluding hydrogens is 259 g/mol. The third-order valence-electron chi connectivity index (χ3n) is 3.80. The van der Waals surface area contributed by atoms with E-state index in [1.54, 1.807) is 0 Å². The summed E-state index contributed by atoms with van der Waals surface area (Å²) in [5, 5.41) is 2.75. The van der Waals surface area contributed by atoms with Gasteiger partial charge in [-0.25, -0.2) is 0 Å². The molecule has 1 heterocycles. The number of thiophene rings is 1. The van der Waals surface area contributed by atoms with Gasteiger partial charge in [0.25, 0.3) is 0 Å². The summed E-state index contributed by atoms with van der Waals surface area (Å²) in [5.41, 5.74) is 3.94. The van der Waals surface area contributed by atoms with Crippen molar-refractivity contribution >= 4 is 44.8 Å². The van der Waals surface area contributed by atoms with Crippen LogP contribution in [0.3, 0.4) is 0 Å². The summed E-state index contributed by atoms with van der Waals surface area (Å²) in [6, 6.07) is 23.9. The monoisotopic (exact) mass is 272 g/mol. The molecule has 0 radical (unpaired) electrons. The van der Waals surface area contributed by atoms with Crippen LogP contribution in [-0.4, -0.2) is 7.85 Å². The van der Waals surface area contributed by atoms with Gasteiger partial charge in [0.1, 0.15) is 7.85 Å². The molecule has 0 aliphatic carbocycles. The maximum Gasteiger partial charge on any atom is 0.141 e. The first kappa shape index (κ1) is 11.7. The van der Waals surface area contributed by atoms with Gasteiger partial charge in [-0.1, -0.05) is 66.1 Å². The number of rotatable bonds is 1. The highest BCUT2D eigenvalue weighted by molar-refractivity contribution is 7.26. The van der Waals surface area contributed by atoms with Gasteiger partial charge in [0, 0.05) is 14.8 Å². The Morgan fingerprint density at radius 1 is 0.700 bits per heavy atom. The van der Waals surface area contributed by atoms with E-state index in [0.29, 0.717) is 0 Å². The van der Waals surface area contributed by atoms with E-state index >= 15 is 0 Å². The Balaban J connectivity index is 2.01. The van der Waals surface area contributed by atoms with Gasteiger partial charge in [-0.15, -0.1) is 11.3 Å². The molecule has 0 atom stereocenters. The zero-order chi connectivity index (χ0) is 13.5. The molecule has 0 fully saturated rings. The number of benzene rings is 3. The van der Waals surface area contributed by atoms with E-state index in [4.69, 9.17) is 0 Å². The average molecular weight is 272 g/mol. The molecule has 4 rings (SSSR count). The fourth-order valence-corrected chi connectivity index (χ4v) is 3.96. The molecule has 3 aromatic carbocycles. The molecule has 0 amide bonds. The number of hydrogen-bond acceptors (Lipinski definition) is 1. The van der Waals surface area contributed by atoms with E-state index in [2.05, 4.69) is 74.6 Å². The van der Waals surface area contributed by atoms with Crippen molar-refractivity contribution in [2.24, 2.45) is 0 Å². The summed E-state index contributed by atoms with van der Waals surface area (Å²) < 4.78 is 2.78. The molecule has 0 spiro atoms. The van der Waals surface area contributed by atoms with Crippen LogP contribution in [-0.2, 0) is 0 Å². The second-order valence-electron chi connectivity index (χ2n) is 5.13. The lowest BCUT2D eigenvalue weighted by Gasteiger charge is -2.01. The molecule has 4 aromatic rings. The summed E-state index contributed by atoms with van der Waals surface area (Å²) in [5.74, 6) is 0. The van der Waals surface area contributed by atoms with Gasteiger partial charge in [-0.3, -0.25) is 0 Å². The van der Waals surface area contributed by atoms with Crippen molar-refractivity contribution in [3.8, 4) is 11.1 Å². The van der Waals surface area contributed by atoms with Crippen molar-refractivity contribution in [2.75, 3.05) is 0 Å². The predicted octanol–water partition coefficient (Wildman–Crippen LogP) is 3.98. The van der Waals surface area contributed by atoms with Crippen LogP contribution in [0.2, 0.25) is 0 Å². The Hall–Kier alpha value is -2.06. The molecule has 20 heavy (non-hydrogen) atoms. The highest BCUT2D eigenvalue weighted by Crippen LogP contribution is 2.35. The molecule has 0 N–H and O–H groups in total. The van der Waals surface area contributed by atoms with Gasteiger partial charge < -0.3 is 0 Å². The number of fused-ring (bicyclic) bond motifs is 3. The zero-order valence-electron chi connectivity index (χ0n) is 11.3. The van der Waals surface area contributed by atoms with Crippen molar-refractivity contribution in [1.29, 1.82) is 0 Å². The minimum atomic E-state index is 1.28. The fourth-order valence-electron chi connectivity index (χ4n) is 2.75. The summed E-state index contributed by atoms with van der Waals surface area (Å²) in [7, 11) is 2.19. The molecule has 0 saturated heterocycles. The van der Waals surface area contributed by atoms with Crippen molar-refractivity contribution in [2.45, 2.75) is 0 Å². The highest BCUT2D eigenvalue weighted by Gasteiger charge is 2.07. The molecule has 0 bridgehead atoms. The lowest BCUT2D eigenvalue weighted by Crippen LogP contribution is -1.99. The van der Waals surface area contributed by atoms with E-state index in [1.165, 1.54) is 36.8 Å². The minimum absolute atomic E-state index is 1.28. The average Bonchev–Trinajstić information content (AvgIpc) is 2.87. The van der Waals surface area contributed by atoms with Crippen LogP contribution in [0.15, 0.2) is 66.7 Å². The lowest BCUT2D eigenvalue weighted by atomic mass is 9.94. The Bertz CT molecular complexity index is 907. The quantitative estimate of drug-likeness (QED) is 0.460. The van der Waals surface area contributed by atoms with Gasteiger partial charge in [-0.2, -0.15) is 0 Å². The Kier molecular flexibility index (Phi) is 2.64. The summed E-state index contributed by atoms with van der Waals surface area (Å²) >= 11 is 1.90. The van der Waals surface area contributed by atoms with Crippen molar-refractivity contribution in [3.63, 3.8) is 0 Å². The molecule has 2 heteroatoms. The van der Waals surface area contributed by atoms with E-state index in [1.807, 2.05) is 11.3 Å². The van der Waals surface area contributed by atoms with E-state index in [9.17, 15) is 0 Å². The topological polar surface area (TPSA) is 0 Å². The van der Waals surface area contributed by atoms with E-state index in [0.717, 1.165) is 0 Å². The second kappa shape index (κ2) is 4.50. The first-order valence-corrected chi connectivity index (χ1v) is 7.62. The Morgan fingerprint density at radius 3 is 2.40 bits per heavy atom. The molecule has 0 saturated carbocycles. The fraction of sp³-hybridized carbons (Fsp3) is 0. The summed E-state index contributed by atoms with van der Waals surface area (Å²) in [4.78, 5) is 0. The minimum Gasteiger partial charge on any atom is -0.136 e. The van der Waals surface area contributed by atoms with Crippen LogP contribution in [0.25, 0.3) is 31.3 Å². The third kappa shape index (κ3) is 1.76. The number of hydrogen-bond donors (Lipinski definition) is 0. The smallest absolute Gasteiger partial charge is 0.136 e. The predicted molar refractivity (Wildman–Crippen MR) is 92.9 cm³/mol. The second-order valence-corrected chi connectivity index (χ2v) is 6.18. The van der Waals surface area contributed by atoms with Crippen LogP contribution in [0, 0.1) is 0 Å². The lowest BCUT2D eigenvalue weighted by molar-refractivity contribution is 1.66. The van der Waals surface area contributed by atoms with E-state index < -0.39 is 0 Å². The van der Waals surface area contributed by atoms with E-state index in [-0.39, 0.29) is 0 Å².